The number of unbranched alkanes of at least 4 members (excludes halogenated alkanes) is 14. The fraction of sp³-hybridized carbons (Fsp3) is 0.781. The van der Waals surface area contributed by atoms with E-state index in [2.05, 4.69) is 43.5 Å². The Balaban J connectivity index is 4.32. The lowest BCUT2D eigenvalue weighted by molar-refractivity contribution is -0.130. The van der Waals surface area contributed by atoms with Crippen molar-refractivity contribution in [3.63, 3.8) is 0 Å². The first kappa shape index (κ1) is 38.5. The summed E-state index contributed by atoms with van der Waals surface area (Å²) in [6, 6.07) is -1.25. The van der Waals surface area contributed by atoms with Gasteiger partial charge in [0.25, 0.3) is 10.1 Å². The monoisotopic (exact) mass is 585 g/mol. The number of carbonyl (C=O) groups excluding carboxylic acids is 1. The van der Waals surface area contributed by atoms with Crippen molar-refractivity contribution in [2.75, 3.05) is 5.75 Å². The van der Waals surface area contributed by atoms with Crippen molar-refractivity contribution < 1.29 is 28.0 Å². The summed E-state index contributed by atoms with van der Waals surface area (Å²) in [6.07, 6.45) is 29.2. The third kappa shape index (κ3) is 25.5. The quantitative estimate of drug-likeness (QED) is 0.0459. The molecule has 234 valence electrons. The van der Waals surface area contributed by atoms with Crippen LogP contribution >= 0.6 is 0 Å². The summed E-state index contributed by atoms with van der Waals surface area (Å²) < 4.78 is 32.2. The van der Waals surface area contributed by atoms with Gasteiger partial charge in [0.05, 0.1) is 17.9 Å². The van der Waals surface area contributed by atoms with E-state index in [9.17, 15) is 28.0 Å². The van der Waals surface area contributed by atoms with Crippen LogP contribution < -0.4 is 5.32 Å². The number of carbonyl (C=O) groups is 1. The molecular formula is C32H59NO6S. The average molecular weight is 586 g/mol. The maximum Gasteiger partial charge on any atom is 0.267 e. The minimum atomic E-state index is -4.44. The molecule has 0 bridgehead atoms. The van der Waals surface area contributed by atoms with Crippen molar-refractivity contribution >= 4 is 16.0 Å². The molecule has 0 rings (SSSR count). The molecule has 0 aromatic heterocycles. The van der Waals surface area contributed by atoms with Crippen LogP contribution in [0.3, 0.4) is 0 Å². The van der Waals surface area contributed by atoms with E-state index >= 15 is 0 Å². The first-order valence-corrected chi connectivity index (χ1v) is 17.4. The highest BCUT2D eigenvalue weighted by Crippen LogP contribution is 2.13. The van der Waals surface area contributed by atoms with Gasteiger partial charge in [-0.25, -0.2) is 0 Å². The third-order valence-corrected chi connectivity index (χ3v) is 7.69. The topological polar surface area (TPSA) is 124 Å². The minimum absolute atomic E-state index is 0.272. The number of hydrogen-bond acceptors (Lipinski definition) is 5. The smallest absolute Gasteiger partial charge is 0.267 e. The highest BCUT2D eigenvalue weighted by atomic mass is 32.2. The fourth-order valence-corrected chi connectivity index (χ4v) is 5.15. The molecule has 3 unspecified atom stereocenters. The van der Waals surface area contributed by atoms with Crippen molar-refractivity contribution in [3.8, 4) is 0 Å². The van der Waals surface area contributed by atoms with Crippen LogP contribution in [0.4, 0.5) is 0 Å². The van der Waals surface area contributed by atoms with Gasteiger partial charge in [-0.3, -0.25) is 9.35 Å². The predicted octanol–water partition coefficient (Wildman–Crippen LogP) is 7.20. The lowest BCUT2D eigenvalue weighted by atomic mass is 10.0. The van der Waals surface area contributed by atoms with E-state index in [0.717, 1.165) is 44.9 Å². The van der Waals surface area contributed by atoms with Gasteiger partial charge in [0.15, 0.2) is 0 Å². The molecule has 0 aromatic rings. The van der Waals surface area contributed by atoms with Crippen molar-refractivity contribution in [1.82, 2.24) is 5.32 Å². The van der Waals surface area contributed by atoms with Crippen LogP contribution in [0.1, 0.15) is 136 Å². The van der Waals surface area contributed by atoms with E-state index in [1.807, 2.05) is 0 Å². The maximum absolute atomic E-state index is 12.4. The first-order valence-electron chi connectivity index (χ1n) is 15.8. The van der Waals surface area contributed by atoms with E-state index in [1.54, 1.807) is 6.08 Å². The van der Waals surface area contributed by atoms with E-state index in [-0.39, 0.29) is 6.42 Å². The van der Waals surface area contributed by atoms with E-state index in [0.29, 0.717) is 12.8 Å². The third-order valence-electron chi connectivity index (χ3n) is 6.90. The summed E-state index contributed by atoms with van der Waals surface area (Å²) in [6.45, 7) is 4.40. The molecule has 40 heavy (non-hydrogen) atoms. The Labute approximate surface area is 245 Å². The van der Waals surface area contributed by atoms with Gasteiger partial charge in [-0.05, 0) is 38.5 Å². The fourth-order valence-electron chi connectivity index (χ4n) is 4.41. The van der Waals surface area contributed by atoms with Crippen LogP contribution in [-0.2, 0) is 14.9 Å². The van der Waals surface area contributed by atoms with Gasteiger partial charge in [-0.15, -0.1) is 0 Å². The second kappa shape index (κ2) is 26.4. The van der Waals surface area contributed by atoms with Crippen molar-refractivity contribution in [3.05, 3.63) is 36.5 Å². The molecule has 0 aliphatic heterocycles. The molecule has 1 amide bonds. The van der Waals surface area contributed by atoms with Gasteiger partial charge < -0.3 is 15.5 Å². The normalized spacial score (nSPS) is 14.8. The molecule has 0 spiro atoms. The molecule has 7 nitrogen and oxygen atoms in total. The minimum Gasteiger partial charge on any atom is -0.387 e. The molecule has 0 heterocycles. The lowest BCUT2D eigenvalue weighted by Crippen LogP contribution is -2.50. The van der Waals surface area contributed by atoms with Gasteiger partial charge in [-0.2, -0.15) is 8.42 Å². The number of amides is 1. The second-order valence-corrected chi connectivity index (χ2v) is 12.4. The van der Waals surface area contributed by atoms with Crippen LogP contribution in [0.25, 0.3) is 0 Å². The highest BCUT2D eigenvalue weighted by molar-refractivity contribution is 7.85. The summed E-state index contributed by atoms with van der Waals surface area (Å²) in [5.74, 6) is -1.57. The Bertz CT molecular complexity index is 793. The molecule has 3 atom stereocenters. The van der Waals surface area contributed by atoms with Crippen LogP contribution in [-0.4, -0.2) is 53.1 Å². The standard InChI is InChI=1S/C32H59NO6S/c1-3-5-7-9-11-13-15-17-18-20-22-24-26-30(34)29(28-40(37,38)39)33-32(36)31(35)27-25-23-21-19-16-14-12-10-8-6-4-2/h9,11,17-18,24,26,29-31,34-35H,3-8,10,12-16,19-23,25,27-28H2,1-2H3,(H,33,36)(H,37,38,39)/b11-9+,18-17+,26-24+. The Morgan fingerprint density at radius 2 is 1.12 bits per heavy atom. The number of hydrogen-bond donors (Lipinski definition) is 4. The molecule has 0 saturated carbocycles. The van der Waals surface area contributed by atoms with Crippen LogP contribution in [0, 0.1) is 0 Å². The SMILES string of the molecule is CCCC/C=C/CC/C=C/CC/C=C/C(O)C(CS(=O)(=O)O)NC(=O)C(O)CCCCCCCCCCCCC. The molecule has 8 heteroatoms. The van der Waals surface area contributed by atoms with Crippen molar-refractivity contribution in [2.24, 2.45) is 0 Å². The summed E-state index contributed by atoms with van der Waals surface area (Å²) in [7, 11) is -4.44. The summed E-state index contributed by atoms with van der Waals surface area (Å²) in [5.41, 5.74) is 0. The van der Waals surface area contributed by atoms with E-state index < -0.39 is 40.0 Å². The average Bonchev–Trinajstić information content (AvgIpc) is 2.90. The number of allylic oxidation sites excluding steroid dienone is 5. The Morgan fingerprint density at radius 1 is 0.675 bits per heavy atom. The Morgan fingerprint density at radius 3 is 1.62 bits per heavy atom. The predicted molar refractivity (Wildman–Crippen MR) is 167 cm³/mol. The lowest BCUT2D eigenvalue weighted by Gasteiger charge is -2.22. The van der Waals surface area contributed by atoms with Gasteiger partial charge >= 0.3 is 0 Å². The molecule has 0 aromatic carbocycles. The zero-order valence-electron chi connectivity index (χ0n) is 25.3. The summed E-state index contributed by atoms with van der Waals surface area (Å²) >= 11 is 0. The zero-order chi connectivity index (χ0) is 29.9. The van der Waals surface area contributed by atoms with E-state index in [4.69, 9.17) is 0 Å². The van der Waals surface area contributed by atoms with Gasteiger partial charge in [0.2, 0.25) is 5.91 Å². The van der Waals surface area contributed by atoms with Gasteiger partial charge in [0.1, 0.15) is 6.10 Å². The highest BCUT2D eigenvalue weighted by Gasteiger charge is 2.27. The second-order valence-electron chi connectivity index (χ2n) is 10.9. The molecule has 0 aliphatic carbocycles. The van der Waals surface area contributed by atoms with E-state index in [1.165, 1.54) is 63.9 Å². The molecule has 0 radical (unpaired) electrons. The van der Waals surface area contributed by atoms with Crippen molar-refractivity contribution in [1.29, 1.82) is 0 Å². The molecular weight excluding hydrogens is 526 g/mol. The Kier molecular flexibility index (Phi) is 25.4. The first-order chi connectivity index (χ1) is 19.2. The largest absolute Gasteiger partial charge is 0.387 e. The van der Waals surface area contributed by atoms with Gasteiger partial charge in [0, 0.05) is 0 Å². The Hall–Kier alpha value is -1.48. The number of rotatable bonds is 27. The number of aliphatic hydroxyl groups excluding tert-OH is 2. The molecule has 0 aliphatic rings. The zero-order valence-corrected chi connectivity index (χ0v) is 26.1. The molecule has 4 N–H and O–H groups in total. The molecule has 0 saturated heterocycles. The number of nitrogens with one attached hydrogen (secondary N) is 1. The summed E-state index contributed by atoms with van der Waals surface area (Å²) in [5, 5.41) is 23.1. The van der Waals surface area contributed by atoms with Crippen molar-refractivity contribution in [2.45, 2.75) is 154 Å². The van der Waals surface area contributed by atoms with Crippen LogP contribution in [0.5, 0.6) is 0 Å². The maximum atomic E-state index is 12.4. The van der Waals surface area contributed by atoms with Gasteiger partial charge in [-0.1, -0.05) is 134 Å². The van der Waals surface area contributed by atoms with Crippen LogP contribution in [0.2, 0.25) is 0 Å². The number of aliphatic hydroxyl groups is 2. The molecule has 0 fully saturated rings. The van der Waals surface area contributed by atoms with Crippen LogP contribution in [0.15, 0.2) is 36.5 Å². The summed E-state index contributed by atoms with van der Waals surface area (Å²) in [4.78, 5) is 12.4.